The van der Waals surface area contributed by atoms with Crippen LogP contribution in [0.2, 0.25) is 0 Å². The number of amides is 2. The molecule has 1 fully saturated rings. The van der Waals surface area contributed by atoms with E-state index >= 15 is 0 Å². The van der Waals surface area contributed by atoms with Crippen molar-refractivity contribution in [3.8, 4) is 0 Å². The average Bonchev–Trinajstić information content (AvgIpc) is 3.11. The van der Waals surface area contributed by atoms with Gasteiger partial charge in [-0.05, 0) is 25.3 Å². The van der Waals surface area contributed by atoms with Gasteiger partial charge in [0.2, 0.25) is 11.8 Å². The van der Waals surface area contributed by atoms with E-state index in [0.29, 0.717) is 18.4 Å². The Kier molecular flexibility index (Phi) is 5.26. The first-order chi connectivity index (χ1) is 10.1. The van der Waals surface area contributed by atoms with E-state index in [0.717, 1.165) is 19.4 Å². The van der Waals surface area contributed by atoms with Crippen molar-refractivity contribution in [3.05, 3.63) is 11.7 Å². The number of nitrogens with zero attached hydrogens (tertiary/aromatic N) is 2. The van der Waals surface area contributed by atoms with Gasteiger partial charge in [0.1, 0.15) is 0 Å². The predicted molar refractivity (Wildman–Crippen MR) is 74.5 cm³/mol. The number of aromatic nitrogens is 2. The van der Waals surface area contributed by atoms with Gasteiger partial charge in [-0.1, -0.05) is 19.0 Å². The largest absolute Gasteiger partial charge is 0.354 e. The van der Waals surface area contributed by atoms with Crippen LogP contribution in [0, 0.1) is 5.92 Å². The lowest BCUT2D eigenvalue weighted by Crippen LogP contribution is -2.38. The first kappa shape index (κ1) is 15.4. The van der Waals surface area contributed by atoms with E-state index < -0.39 is 5.91 Å². The van der Waals surface area contributed by atoms with E-state index in [2.05, 4.69) is 26.1 Å². The van der Waals surface area contributed by atoms with Gasteiger partial charge in [0.25, 0.3) is 11.7 Å². The second-order valence-corrected chi connectivity index (χ2v) is 5.49. The first-order valence-corrected chi connectivity index (χ1v) is 7.18. The fourth-order valence-corrected chi connectivity index (χ4v) is 1.98. The normalized spacial score (nSPS) is 18.0. The zero-order chi connectivity index (χ0) is 15.2. The fraction of sp³-hybridized carbons (Fsp3) is 0.692. The van der Waals surface area contributed by atoms with Crippen molar-refractivity contribution in [2.75, 3.05) is 19.6 Å². The topological polar surface area (TPSA) is 109 Å². The lowest BCUT2D eigenvalue weighted by atomic mass is 10.2. The summed E-state index contributed by atoms with van der Waals surface area (Å²) < 4.78 is 5.07. The molecule has 3 N–H and O–H groups in total. The highest BCUT2D eigenvalue weighted by atomic mass is 16.5. The molecule has 1 aliphatic rings. The van der Waals surface area contributed by atoms with Crippen molar-refractivity contribution < 1.29 is 14.1 Å². The standard InChI is InChI=1S/C13H21N5O3/c1-8(2)6-15-10(19)7-16-12(20)11-17-13(21-18-11)9-4-3-5-14-9/h8-9,14H,3-7H2,1-2H3,(H,15,19)(H,16,20). The average molecular weight is 295 g/mol. The Morgan fingerprint density at radius 3 is 2.90 bits per heavy atom. The molecule has 0 saturated carbocycles. The second-order valence-electron chi connectivity index (χ2n) is 5.49. The summed E-state index contributed by atoms with van der Waals surface area (Å²) in [7, 11) is 0. The highest BCUT2D eigenvalue weighted by Crippen LogP contribution is 2.20. The SMILES string of the molecule is CC(C)CNC(=O)CNC(=O)c1noc(C2CCCN2)n1. The van der Waals surface area contributed by atoms with Crippen molar-refractivity contribution >= 4 is 11.8 Å². The minimum atomic E-state index is -0.511. The smallest absolute Gasteiger partial charge is 0.293 e. The minimum absolute atomic E-state index is 0.0217. The van der Waals surface area contributed by atoms with Gasteiger partial charge >= 0.3 is 0 Å². The second kappa shape index (κ2) is 7.16. The number of carbonyl (C=O) groups is 2. The molecular weight excluding hydrogens is 274 g/mol. The molecule has 21 heavy (non-hydrogen) atoms. The summed E-state index contributed by atoms with van der Waals surface area (Å²) in [6, 6.07) is 0.0217. The summed E-state index contributed by atoms with van der Waals surface area (Å²) in [6.07, 6.45) is 1.96. The van der Waals surface area contributed by atoms with Gasteiger partial charge in [-0.2, -0.15) is 4.98 Å². The Labute approximate surface area is 123 Å². The fourth-order valence-electron chi connectivity index (χ4n) is 1.98. The van der Waals surface area contributed by atoms with Crippen LogP contribution in [0.1, 0.15) is 49.2 Å². The highest BCUT2D eigenvalue weighted by molar-refractivity contribution is 5.93. The summed E-state index contributed by atoms with van der Waals surface area (Å²) in [5.74, 6) is -0.0125. The third-order valence-corrected chi connectivity index (χ3v) is 3.12. The summed E-state index contributed by atoms with van der Waals surface area (Å²) in [4.78, 5) is 27.4. The van der Waals surface area contributed by atoms with Crippen LogP contribution >= 0.6 is 0 Å². The summed E-state index contributed by atoms with van der Waals surface area (Å²) in [6.45, 7) is 5.38. The molecule has 0 radical (unpaired) electrons. The van der Waals surface area contributed by atoms with Gasteiger partial charge in [0.05, 0.1) is 12.6 Å². The van der Waals surface area contributed by atoms with Crippen LogP contribution in [0.5, 0.6) is 0 Å². The Balaban J connectivity index is 1.79. The molecule has 8 heteroatoms. The molecule has 2 heterocycles. The van der Waals surface area contributed by atoms with Crippen LogP contribution in [0.3, 0.4) is 0 Å². The van der Waals surface area contributed by atoms with E-state index in [1.807, 2.05) is 13.8 Å². The Morgan fingerprint density at radius 2 is 2.24 bits per heavy atom. The summed E-state index contributed by atoms with van der Waals surface area (Å²) >= 11 is 0. The number of rotatable bonds is 6. The molecule has 1 aromatic rings. The third-order valence-electron chi connectivity index (χ3n) is 3.12. The van der Waals surface area contributed by atoms with Crippen LogP contribution in [-0.4, -0.2) is 41.6 Å². The van der Waals surface area contributed by atoms with Crippen LogP contribution in [0.15, 0.2) is 4.52 Å². The van der Waals surface area contributed by atoms with Crippen molar-refractivity contribution in [1.82, 2.24) is 26.1 Å². The van der Waals surface area contributed by atoms with E-state index in [-0.39, 0.29) is 24.3 Å². The molecular formula is C13H21N5O3. The molecule has 8 nitrogen and oxygen atoms in total. The molecule has 116 valence electrons. The molecule has 1 aliphatic heterocycles. The predicted octanol–water partition coefficient (Wildman–Crippen LogP) is -0.00390. The zero-order valence-electron chi connectivity index (χ0n) is 12.3. The van der Waals surface area contributed by atoms with E-state index in [4.69, 9.17) is 4.52 Å². The molecule has 2 rings (SSSR count). The molecule has 0 spiro atoms. The third kappa shape index (κ3) is 4.52. The van der Waals surface area contributed by atoms with Gasteiger partial charge in [-0.25, -0.2) is 0 Å². The van der Waals surface area contributed by atoms with Crippen LogP contribution < -0.4 is 16.0 Å². The van der Waals surface area contributed by atoms with E-state index in [1.165, 1.54) is 0 Å². The lowest BCUT2D eigenvalue weighted by Gasteiger charge is -2.07. The highest BCUT2D eigenvalue weighted by Gasteiger charge is 2.24. The summed E-state index contributed by atoms with van der Waals surface area (Å²) in [5.41, 5.74) is 0. The summed E-state index contributed by atoms with van der Waals surface area (Å²) in [5, 5.41) is 12.0. The lowest BCUT2D eigenvalue weighted by molar-refractivity contribution is -0.120. The van der Waals surface area contributed by atoms with Crippen LogP contribution in [0.4, 0.5) is 0 Å². The molecule has 0 aromatic carbocycles. The van der Waals surface area contributed by atoms with E-state index in [1.54, 1.807) is 0 Å². The van der Waals surface area contributed by atoms with E-state index in [9.17, 15) is 9.59 Å². The molecule has 1 aromatic heterocycles. The van der Waals surface area contributed by atoms with Gasteiger partial charge in [-0.15, -0.1) is 0 Å². The Bertz CT molecular complexity index is 494. The van der Waals surface area contributed by atoms with Gasteiger partial charge < -0.3 is 20.5 Å². The van der Waals surface area contributed by atoms with Crippen molar-refractivity contribution in [2.45, 2.75) is 32.7 Å². The monoisotopic (exact) mass is 295 g/mol. The van der Waals surface area contributed by atoms with Crippen molar-refractivity contribution in [3.63, 3.8) is 0 Å². The first-order valence-electron chi connectivity index (χ1n) is 7.18. The zero-order valence-corrected chi connectivity index (χ0v) is 12.3. The van der Waals surface area contributed by atoms with Crippen molar-refractivity contribution in [2.24, 2.45) is 5.92 Å². The maximum atomic E-state index is 11.8. The molecule has 0 bridgehead atoms. The van der Waals surface area contributed by atoms with Gasteiger partial charge in [-0.3, -0.25) is 9.59 Å². The minimum Gasteiger partial charge on any atom is -0.354 e. The maximum Gasteiger partial charge on any atom is 0.293 e. The van der Waals surface area contributed by atoms with Crippen LogP contribution in [0.25, 0.3) is 0 Å². The molecule has 2 amide bonds. The maximum absolute atomic E-state index is 11.8. The van der Waals surface area contributed by atoms with Crippen LogP contribution in [-0.2, 0) is 4.79 Å². The van der Waals surface area contributed by atoms with Gasteiger partial charge in [0.15, 0.2) is 0 Å². The van der Waals surface area contributed by atoms with Crippen molar-refractivity contribution in [1.29, 1.82) is 0 Å². The number of carbonyl (C=O) groups excluding carboxylic acids is 2. The molecule has 1 saturated heterocycles. The molecule has 1 unspecified atom stereocenters. The number of nitrogens with one attached hydrogen (secondary N) is 3. The Morgan fingerprint density at radius 1 is 1.43 bits per heavy atom. The quantitative estimate of drug-likeness (QED) is 0.681. The molecule has 1 atom stereocenters. The van der Waals surface area contributed by atoms with Gasteiger partial charge in [0, 0.05) is 6.54 Å². The number of hydrogen-bond donors (Lipinski definition) is 3. The Hall–Kier alpha value is -1.96. The number of hydrogen-bond acceptors (Lipinski definition) is 6. The molecule has 0 aliphatic carbocycles.